The highest BCUT2D eigenvalue weighted by atomic mass is 16.7. The van der Waals surface area contributed by atoms with Crippen molar-refractivity contribution in [1.29, 1.82) is 0 Å². The highest BCUT2D eigenvalue weighted by molar-refractivity contribution is 5.87. The summed E-state index contributed by atoms with van der Waals surface area (Å²) in [6.07, 6.45) is 15.4. The van der Waals surface area contributed by atoms with Crippen molar-refractivity contribution < 1.29 is 24.1 Å². The van der Waals surface area contributed by atoms with Crippen LogP contribution in [-0.4, -0.2) is 48.2 Å². The number of hydrogen-bond donors (Lipinski definition) is 1. The summed E-state index contributed by atoms with van der Waals surface area (Å²) in [4.78, 5) is 12.2. The topological polar surface area (TPSA) is 68.3 Å². The lowest BCUT2D eigenvalue weighted by Gasteiger charge is -2.52. The SMILES string of the molecule is C[C@]12CC=C3[C@H]4C(CC[C@H]3[C@@H]1CC[C@@]2(O)C=CCOC1CCCCO1)CC(=O)C1OC14. The summed E-state index contributed by atoms with van der Waals surface area (Å²) >= 11 is 0. The highest BCUT2D eigenvalue weighted by Crippen LogP contribution is 2.64. The Morgan fingerprint density at radius 1 is 1.26 bits per heavy atom. The van der Waals surface area contributed by atoms with Crippen LogP contribution in [0.1, 0.15) is 64.7 Å². The average Bonchev–Trinajstić information content (AvgIpc) is 3.53. The van der Waals surface area contributed by atoms with E-state index in [0.717, 1.165) is 58.0 Å². The Balaban J connectivity index is 1.17. The zero-order valence-corrected chi connectivity index (χ0v) is 18.6. The molecule has 5 nitrogen and oxygen atoms in total. The van der Waals surface area contributed by atoms with Gasteiger partial charge in [0.2, 0.25) is 0 Å². The third-order valence-electron chi connectivity index (χ3n) is 9.63. The predicted octanol–water partition coefficient (Wildman–Crippen LogP) is 3.95. The van der Waals surface area contributed by atoms with E-state index in [2.05, 4.69) is 13.0 Å². The van der Waals surface area contributed by atoms with Crippen molar-refractivity contribution >= 4 is 5.78 Å². The number of carbonyl (C=O) groups excluding carboxylic acids is 1. The first-order chi connectivity index (χ1) is 15.0. The fourth-order valence-electron chi connectivity index (χ4n) is 7.82. The van der Waals surface area contributed by atoms with E-state index in [4.69, 9.17) is 14.2 Å². The van der Waals surface area contributed by atoms with Crippen molar-refractivity contribution in [2.75, 3.05) is 13.2 Å². The van der Waals surface area contributed by atoms with E-state index < -0.39 is 5.60 Å². The van der Waals surface area contributed by atoms with Crippen LogP contribution in [0.4, 0.5) is 0 Å². The van der Waals surface area contributed by atoms with Gasteiger partial charge in [-0.15, -0.1) is 0 Å². The van der Waals surface area contributed by atoms with E-state index in [-0.39, 0.29) is 23.9 Å². The lowest BCUT2D eigenvalue weighted by molar-refractivity contribution is -0.155. The maximum absolute atomic E-state index is 12.2. The molecule has 4 aliphatic carbocycles. The maximum Gasteiger partial charge on any atom is 0.164 e. The molecule has 9 atom stereocenters. The van der Waals surface area contributed by atoms with Crippen molar-refractivity contribution in [2.45, 2.75) is 88.8 Å². The molecule has 5 heteroatoms. The lowest BCUT2D eigenvalue weighted by atomic mass is 9.53. The Labute approximate surface area is 185 Å². The van der Waals surface area contributed by atoms with Gasteiger partial charge in [-0.05, 0) is 69.1 Å². The molecule has 0 aromatic rings. The number of ether oxygens (including phenoxy) is 3. The first-order valence-electron chi connectivity index (χ1n) is 12.5. The van der Waals surface area contributed by atoms with Gasteiger partial charge in [-0.2, -0.15) is 0 Å². The number of epoxide rings is 1. The average molecular weight is 429 g/mol. The van der Waals surface area contributed by atoms with Crippen LogP contribution in [0.5, 0.6) is 0 Å². The summed E-state index contributed by atoms with van der Waals surface area (Å²) in [7, 11) is 0. The maximum atomic E-state index is 12.2. The molecule has 0 bridgehead atoms. The molecule has 0 radical (unpaired) electrons. The smallest absolute Gasteiger partial charge is 0.164 e. The van der Waals surface area contributed by atoms with Crippen LogP contribution >= 0.6 is 0 Å². The number of hydrogen-bond acceptors (Lipinski definition) is 5. The molecule has 0 aromatic heterocycles. The van der Waals surface area contributed by atoms with Crippen molar-refractivity contribution in [2.24, 2.45) is 29.1 Å². The highest BCUT2D eigenvalue weighted by Gasteiger charge is 2.64. The fraction of sp³-hybridized carbons (Fsp3) is 0.808. The fourth-order valence-corrected chi connectivity index (χ4v) is 7.82. The predicted molar refractivity (Wildman–Crippen MR) is 115 cm³/mol. The molecule has 5 fully saturated rings. The Kier molecular flexibility index (Phi) is 4.99. The zero-order chi connectivity index (χ0) is 21.2. The molecule has 170 valence electrons. The molecule has 6 aliphatic rings. The minimum absolute atomic E-state index is 0.0915. The first-order valence-corrected chi connectivity index (χ1v) is 12.5. The molecule has 6 rings (SSSR count). The van der Waals surface area contributed by atoms with Crippen LogP contribution in [0.15, 0.2) is 23.8 Å². The van der Waals surface area contributed by atoms with Gasteiger partial charge in [0.15, 0.2) is 12.1 Å². The quantitative estimate of drug-likeness (QED) is 0.543. The largest absolute Gasteiger partial charge is 0.385 e. The Morgan fingerprint density at radius 3 is 3.00 bits per heavy atom. The van der Waals surface area contributed by atoms with Crippen molar-refractivity contribution in [3.05, 3.63) is 23.8 Å². The summed E-state index contributed by atoms with van der Waals surface area (Å²) in [5, 5.41) is 11.7. The summed E-state index contributed by atoms with van der Waals surface area (Å²) in [5.74, 6) is 2.28. The molecule has 2 aliphatic heterocycles. The van der Waals surface area contributed by atoms with Gasteiger partial charge in [-0.3, -0.25) is 4.79 Å². The van der Waals surface area contributed by atoms with Gasteiger partial charge >= 0.3 is 0 Å². The zero-order valence-electron chi connectivity index (χ0n) is 18.6. The van der Waals surface area contributed by atoms with E-state index in [1.54, 1.807) is 5.57 Å². The van der Waals surface area contributed by atoms with Crippen LogP contribution < -0.4 is 0 Å². The van der Waals surface area contributed by atoms with Crippen molar-refractivity contribution in [1.82, 2.24) is 0 Å². The number of allylic oxidation sites excluding steroid dienone is 1. The van der Waals surface area contributed by atoms with E-state index in [1.807, 2.05) is 12.2 Å². The molecule has 0 amide bonds. The molecule has 1 N–H and O–H groups in total. The number of ketones is 1. The molecule has 0 spiro atoms. The van der Waals surface area contributed by atoms with Gasteiger partial charge in [-0.25, -0.2) is 0 Å². The third-order valence-corrected chi connectivity index (χ3v) is 9.63. The molecular formula is C26H36O5. The van der Waals surface area contributed by atoms with Gasteiger partial charge in [0.25, 0.3) is 0 Å². The van der Waals surface area contributed by atoms with Gasteiger partial charge < -0.3 is 19.3 Å². The standard InChI is InChI=1S/C26H36O5/c1-25-11-8-18-17(7-6-16-15-20(27)23-24(31-23)22(16)18)19(25)9-12-26(25,28)10-4-14-30-21-5-2-3-13-29-21/h4,8,10,16-17,19,21-24,28H,2-3,5-7,9,11-15H2,1H3/t16?,17-,19+,21?,22-,23?,24?,25+,26+/m1/s1. The number of aliphatic hydroxyl groups is 1. The minimum atomic E-state index is -0.783. The van der Waals surface area contributed by atoms with E-state index in [9.17, 15) is 9.90 Å². The van der Waals surface area contributed by atoms with Crippen LogP contribution in [-0.2, 0) is 19.0 Å². The van der Waals surface area contributed by atoms with Crippen LogP contribution in [0.2, 0.25) is 0 Å². The monoisotopic (exact) mass is 428 g/mol. The van der Waals surface area contributed by atoms with Gasteiger partial charge in [0.05, 0.1) is 18.3 Å². The molecule has 3 saturated carbocycles. The van der Waals surface area contributed by atoms with E-state index >= 15 is 0 Å². The summed E-state index contributed by atoms with van der Waals surface area (Å²) in [6, 6.07) is 0. The van der Waals surface area contributed by atoms with Crippen molar-refractivity contribution in [3.8, 4) is 0 Å². The summed E-state index contributed by atoms with van der Waals surface area (Å²) in [5.41, 5.74) is 0.638. The minimum Gasteiger partial charge on any atom is -0.385 e. The first kappa shape index (κ1) is 20.6. The van der Waals surface area contributed by atoms with Crippen LogP contribution in [0.3, 0.4) is 0 Å². The second-order valence-corrected chi connectivity index (χ2v) is 11.1. The molecule has 2 heterocycles. The van der Waals surface area contributed by atoms with Gasteiger partial charge in [0.1, 0.15) is 6.10 Å². The van der Waals surface area contributed by atoms with Gasteiger partial charge in [0, 0.05) is 24.4 Å². The van der Waals surface area contributed by atoms with Crippen molar-refractivity contribution in [3.63, 3.8) is 0 Å². The summed E-state index contributed by atoms with van der Waals surface area (Å²) < 4.78 is 17.3. The lowest BCUT2D eigenvalue weighted by Crippen LogP contribution is -2.50. The molecule has 2 saturated heterocycles. The second-order valence-electron chi connectivity index (χ2n) is 11.1. The number of rotatable bonds is 4. The molecule has 31 heavy (non-hydrogen) atoms. The Bertz CT molecular complexity index is 798. The number of Topliss-reactive ketones (excluding diaryl/α,β-unsaturated/α-hetero) is 1. The Morgan fingerprint density at radius 2 is 2.16 bits per heavy atom. The van der Waals surface area contributed by atoms with Crippen LogP contribution in [0, 0.1) is 29.1 Å². The molecule has 4 unspecified atom stereocenters. The second kappa shape index (κ2) is 7.51. The third kappa shape index (κ3) is 3.22. The normalized spacial score (nSPS) is 51.0. The van der Waals surface area contributed by atoms with E-state index in [0.29, 0.717) is 42.5 Å². The van der Waals surface area contributed by atoms with E-state index in [1.165, 1.54) is 0 Å². The van der Waals surface area contributed by atoms with Gasteiger partial charge in [-0.1, -0.05) is 30.7 Å². The molecular weight excluding hydrogens is 392 g/mol. The van der Waals surface area contributed by atoms with Crippen LogP contribution in [0.25, 0.3) is 0 Å². The number of carbonyl (C=O) groups is 1. The number of fused-ring (bicyclic) bond motifs is 7. The Hall–Kier alpha value is -1.01. The summed E-state index contributed by atoms with van der Waals surface area (Å²) in [6.45, 7) is 3.58. The molecule has 0 aromatic carbocycles.